The van der Waals surface area contributed by atoms with Gasteiger partial charge in [-0.05, 0) is 32.6 Å². The Morgan fingerprint density at radius 3 is 1.85 bits per heavy atom. The lowest BCUT2D eigenvalue weighted by Crippen LogP contribution is -2.40. The quantitative estimate of drug-likeness (QED) is 0.703. The standard InChI is InChI=1S/C12H27NO.C3H8O.C2H6/c1-10(2)7-8-14-12(5,6)9-13-11(3)4;1-2-3-4;1-2/h10-11,13H,7-9H2,1-6H3;4H,2-3H2,1H3;1-2H3. The molecule has 3 heteroatoms. The number of aliphatic hydroxyl groups excluding tert-OH is 1. The van der Waals surface area contributed by atoms with Gasteiger partial charge < -0.3 is 15.2 Å². The first kappa shape index (κ1) is 24.9. The molecular formula is C17H41NO2. The summed E-state index contributed by atoms with van der Waals surface area (Å²) in [6.45, 7) is 21.1. The molecule has 0 aromatic rings. The van der Waals surface area contributed by atoms with Crippen LogP contribution in [-0.2, 0) is 4.74 Å². The van der Waals surface area contributed by atoms with Gasteiger partial charge in [-0.3, -0.25) is 0 Å². The fourth-order valence-electron chi connectivity index (χ4n) is 1.07. The third kappa shape index (κ3) is 26.4. The maximum atomic E-state index is 7.88. The van der Waals surface area contributed by atoms with Gasteiger partial charge in [0.15, 0.2) is 0 Å². The topological polar surface area (TPSA) is 41.5 Å². The molecule has 0 saturated carbocycles. The van der Waals surface area contributed by atoms with Gasteiger partial charge in [-0.2, -0.15) is 0 Å². The summed E-state index contributed by atoms with van der Waals surface area (Å²) in [6, 6.07) is 0.531. The van der Waals surface area contributed by atoms with E-state index in [4.69, 9.17) is 9.84 Å². The zero-order chi connectivity index (χ0) is 16.6. The predicted octanol–water partition coefficient (Wildman–Crippen LogP) is 4.24. The minimum Gasteiger partial charge on any atom is -0.396 e. The van der Waals surface area contributed by atoms with E-state index < -0.39 is 0 Å². The van der Waals surface area contributed by atoms with Crippen LogP contribution in [0.25, 0.3) is 0 Å². The number of aliphatic hydroxyl groups is 1. The van der Waals surface area contributed by atoms with Gasteiger partial charge in [0.2, 0.25) is 0 Å². The Balaban J connectivity index is -0.000000410. The van der Waals surface area contributed by atoms with Gasteiger partial charge in [0.1, 0.15) is 0 Å². The molecule has 0 aliphatic carbocycles. The van der Waals surface area contributed by atoms with Crippen molar-refractivity contribution in [3.8, 4) is 0 Å². The number of ether oxygens (including phenoxy) is 1. The first-order valence-corrected chi connectivity index (χ1v) is 8.23. The molecule has 0 saturated heterocycles. The molecule has 0 bridgehead atoms. The lowest BCUT2D eigenvalue weighted by atomic mass is 10.1. The molecule has 0 aromatic carbocycles. The summed E-state index contributed by atoms with van der Waals surface area (Å²) in [5.74, 6) is 0.726. The third-order valence-corrected chi connectivity index (χ3v) is 2.35. The van der Waals surface area contributed by atoms with Crippen molar-refractivity contribution in [2.75, 3.05) is 19.8 Å². The molecule has 0 heterocycles. The van der Waals surface area contributed by atoms with Crippen molar-refractivity contribution in [2.45, 2.75) is 86.8 Å². The van der Waals surface area contributed by atoms with Crippen LogP contribution in [0.1, 0.15) is 75.2 Å². The van der Waals surface area contributed by atoms with E-state index in [0.29, 0.717) is 12.6 Å². The SMILES string of the molecule is CC.CC(C)CCOC(C)(C)CNC(C)C.CCCO. The Bertz CT molecular complexity index is 166. The summed E-state index contributed by atoms with van der Waals surface area (Å²) in [4.78, 5) is 0. The maximum absolute atomic E-state index is 7.88. The molecule has 0 aromatic heterocycles. The highest BCUT2D eigenvalue weighted by Crippen LogP contribution is 2.10. The normalized spacial score (nSPS) is 10.8. The number of hydrogen-bond donors (Lipinski definition) is 2. The predicted molar refractivity (Wildman–Crippen MR) is 91.3 cm³/mol. The van der Waals surface area contributed by atoms with Crippen molar-refractivity contribution >= 4 is 0 Å². The first-order valence-electron chi connectivity index (χ1n) is 8.23. The molecule has 0 rings (SSSR count). The summed E-state index contributed by atoms with van der Waals surface area (Å²) in [7, 11) is 0. The van der Waals surface area contributed by atoms with E-state index in [0.717, 1.165) is 31.9 Å². The van der Waals surface area contributed by atoms with E-state index in [1.165, 1.54) is 0 Å². The molecule has 0 atom stereocenters. The van der Waals surface area contributed by atoms with Crippen LogP contribution in [-0.4, -0.2) is 36.5 Å². The molecule has 20 heavy (non-hydrogen) atoms. The van der Waals surface area contributed by atoms with Crippen molar-refractivity contribution in [1.29, 1.82) is 0 Å². The Hall–Kier alpha value is -0.120. The Kier molecular flexibility index (Phi) is 21.1. The van der Waals surface area contributed by atoms with Crippen LogP contribution in [0.5, 0.6) is 0 Å². The first-order chi connectivity index (χ1) is 9.25. The van der Waals surface area contributed by atoms with Gasteiger partial charge in [0.05, 0.1) is 5.60 Å². The van der Waals surface area contributed by atoms with Crippen LogP contribution in [0.2, 0.25) is 0 Å². The van der Waals surface area contributed by atoms with E-state index in [-0.39, 0.29) is 5.60 Å². The molecular weight excluding hydrogens is 250 g/mol. The van der Waals surface area contributed by atoms with Gasteiger partial charge >= 0.3 is 0 Å². The summed E-state index contributed by atoms with van der Waals surface area (Å²) in [6.07, 6.45) is 2.02. The second-order valence-electron chi connectivity index (χ2n) is 6.05. The Morgan fingerprint density at radius 1 is 1.10 bits per heavy atom. The molecule has 126 valence electrons. The van der Waals surface area contributed by atoms with Gasteiger partial charge in [-0.25, -0.2) is 0 Å². The summed E-state index contributed by atoms with van der Waals surface area (Å²) >= 11 is 0. The summed E-state index contributed by atoms with van der Waals surface area (Å²) < 4.78 is 5.83. The number of hydrogen-bond acceptors (Lipinski definition) is 3. The Labute approximate surface area is 128 Å². The minimum atomic E-state index is -0.0425. The van der Waals surface area contributed by atoms with Crippen LogP contribution in [0.4, 0.5) is 0 Å². The van der Waals surface area contributed by atoms with Gasteiger partial charge in [0.25, 0.3) is 0 Å². The zero-order valence-corrected chi connectivity index (χ0v) is 15.5. The molecule has 0 aliphatic heterocycles. The lowest BCUT2D eigenvalue weighted by Gasteiger charge is -2.27. The lowest BCUT2D eigenvalue weighted by molar-refractivity contribution is -0.0218. The smallest absolute Gasteiger partial charge is 0.0750 e. The van der Waals surface area contributed by atoms with E-state index in [2.05, 4.69) is 46.9 Å². The van der Waals surface area contributed by atoms with Gasteiger partial charge in [0, 0.05) is 25.8 Å². The van der Waals surface area contributed by atoms with Crippen molar-refractivity contribution in [3.05, 3.63) is 0 Å². The molecule has 0 radical (unpaired) electrons. The molecule has 0 spiro atoms. The maximum Gasteiger partial charge on any atom is 0.0750 e. The van der Waals surface area contributed by atoms with Crippen molar-refractivity contribution in [3.63, 3.8) is 0 Å². The monoisotopic (exact) mass is 291 g/mol. The highest BCUT2D eigenvalue weighted by atomic mass is 16.5. The highest BCUT2D eigenvalue weighted by molar-refractivity contribution is 4.73. The number of nitrogens with one attached hydrogen (secondary N) is 1. The van der Waals surface area contributed by atoms with E-state index in [1.54, 1.807) is 0 Å². The van der Waals surface area contributed by atoms with Crippen molar-refractivity contribution < 1.29 is 9.84 Å². The average molecular weight is 292 g/mol. The zero-order valence-electron chi connectivity index (χ0n) is 15.5. The van der Waals surface area contributed by atoms with Crippen LogP contribution < -0.4 is 5.32 Å². The van der Waals surface area contributed by atoms with Crippen LogP contribution in [0.15, 0.2) is 0 Å². The molecule has 3 nitrogen and oxygen atoms in total. The molecule has 2 N–H and O–H groups in total. The fourth-order valence-corrected chi connectivity index (χ4v) is 1.07. The van der Waals surface area contributed by atoms with E-state index in [1.807, 2.05) is 20.8 Å². The highest BCUT2D eigenvalue weighted by Gasteiger charge is 2.18. The van der Waals surface area contributed by atoms with E-state index >= 15 is 0 Å². The van der Waals surface area contributed by atoms with Crippen molar-refractivity contribution in [1.82, 2.24) is 5.32 Å². The van der Waals surface area contributed by atoms with Crippen LogP contribution >= 0.6 is 0 Å². The summed E-state index contributed by atoms with van der Waals surface area (Å²) in [5.41, 5.74) is -0.0425. The third-order valence-electron chi connectivity index (χ3n) is 2.35. The van der Waals surface area contributed by atoms with E-state index in [9.17, 15) is 0 Å². The Morgan fingerprint density at radius 2 is 1.55 bits per heavy atom. The molecule has 0 unspecified atom stereocenters. The van der Waals surface area contributed by atoms with Crippen molar-refractivity contribution in [2.24, 2.45) is 5.92 Å². The second kappa shape index (κ2) is 16.9. The second-order valence-corrected chi connectivity index (χ2v) is 6.05. The van der Waals surface area contributed by atoms with Gasteiger partial charge in [-0.1, -0.05) is 48.5 Å². The summed E-state index contributed by atoms with van der Waals surface area (Å²) in [5, 5.41) is 11.3. The van der Waals surface area contributed by atoms with Crippen LogP contribution in [0.3, 0.4) is 0 Å². The largest absolute Gasteiger partial charge is 0.396 e. The minimum absolute atomic E-state index is 0.0425. The number of rotatable bonds is 8. The fraction of sp³-hybridized carbons (Fsp3) is 1.00. The molecule has 0 aliphatic rings. The molecule has 0 amide bonds. The molecule has 0 fully saturated rings. The van der Waals surface area contributed by atoms with Gasteiger partial charge in [-0.15, -0.1) is 0 Å². The average Bonchev–Trinajstić information content (AvgIpc) is 2.38. The van der Waals surface area contributed by atoms with Crippen LogP contribution in [0, 0.1) is 5.92 Å².